The first-order valence-electron chi connectivity index (χ1n) is 3.95. The number of halogens is 4. The first kappa shape index (κ1) is 12.0. The molecule has 0 aliphatic carbocycles. The number of amides is 1. The molecule has 0 bridgehead atoms. The molecule has 0 heterocycles. The average Bonchev–Trinajstić information content (AvgIpc) is 2.14. The molecule has 0 saturated carbocycles. The summed E-state index contributed by atoms with van der Waals surface area (Å²) in [6, 6.07) is 3.26. The zero-order valence-corrected chi connectivity index (χ0v) is 9.24. The van der Waals surface area contributed by atoms with Crippen molar-refractivity contribution in [3.63, 3.8) is 0 Å². The van der Waals surface area contributed by atoms with Gasteiger partial charge in [-0.05, 0) is 18.2 Å². The number of carbonyl (C=O) groups excluding carboxylic acids is 1. The second-order valence-electron chi connectivity index (χ2n) is 2.77. The van der Waals surface area contributed by atoms with Crippen molar-refractivity contribution in [3.05, 3.63) is 33.8 Å². The summed E-state index contributed by atoms with van der Waals surface area (Å²) in [5.41, 5.74) is -1.33. The van der Waals surface area contributed by atoms with E-state index in [-0.39, 0.29) is 5.56 Å². The van der Waals surface area contributed by atoms with E-state index in [1.165, 1.54) is 13.1 Å². The largest absolute Gasteiger partial charge is 0.417 e. The Morgan fingerprint density at radius 3 is 2.47 bits per heavy atom. The fraction of sp³-hybridized carbons (Fsp3) is 0.222. The van der Waals surface area contributed by atoms with Gasteiger partial charge in [-0.3, -0.25) is 4.79 Å². The van der Waals surface area contributed by atoms with Gasteiger partial charge in [0, 0.05) is 11.5 Å². The van der Waals surface area contributed by atoms with Gasteiger partial charge in [0.25, 0.3) is 5.91 Å². The number of rotatable bonds is 1. The Labute approximate surface area is 92.6 Å². The predicted octanol–water partition coefficient (Wildman–Crippen LogP) is 2.83. The molecule has 1 N–H and O–H groups in total. The lowest BCUT2D eigenvalue weighted by Gasteiger charge is -2.11. The van der Waals surface area contributed by atoms with Crippen LogP contribution in [0.15, 0.2) is 22.7 Å². The minimum atomic E-state index is -4.53. The van der Waals surface area contributed by atoms with Gasteiger partial charge in [0.1, 0.15) is 0 Å². The van der Waals surface area contributed by atoms with Gasteiger partial charge in [-0.25, -0.2) is 0 Å². The number of hydrogen-bond acceptors (Lipinski definition) is 1. The van der Waals surface area contributed by atoms with Crippen molar-refractivity contribution >= 4 is 21.8 Å². The Morgan fingerprint density at radius 2 is 2.00 bits per heavy atom. The molecule has 2 nitrogen and oxygen atoms in total. The smallest absolute Gasteiger partial charge is 0.355 e. The van der Waals surface area contributed by atoms with E-state index in [1.807, 2.05) is 0 Å². The summed E-state index contributed by atoms with van der Waals surface area (Å²) < 4.78 is 37.9. The molecule has 0 unspecified atom stereocenters. The van der Waals surface area contributed by atoms with Crippen molar-refractivity contribution in [2.75, 3.05) is 7.05 Å². The van der Waals surface area contributed by atoms with E-state index in [0.29, 0.717) is 4.47 Å². The Balaban J connectivity index is 3.33. The Bertz CT molecular complexity index is 389. The monoisotopic (exact) mass is 281 g/mol. The summed E-state index contributed by atoms with van der Waals surface area (Å²) >= 11 is 3.01. The van der Waals surface area contributed by atoms with E-state index in [1.54, 1.807) is 0 Å². The number of alkyl halides is 3. The standard InChI is InChI=1S/C9H7BrF3NO/c1-14-8(15)6-4-5(10)2-3-7(6)9(11,12)13/h2-4H,1H3,(H,14,15). The van der Waals surface area contributed by atoms with E-state index >= 15 is 0 Å². The summed E-state index contributed by atoms with van der Waals surface area (Å²) in [5, 5.41) is 2.16. The van der Waals surface area contributed by atoms with Crippen LogP contribution in [0.5, 0.6) is 0 Å². The van der Waals surface area contributed by atoms with Crippen LogP contribution < -0.4 is 5.32 Å². The zero-order chi connectivity index (χ0) is 11.6. The SMILES string of the molecule is CNC(=O)c1cc(Br)ccc1C(F)(F)F. The molecule has 0 aliphatic rings. The molecule has 0 aliphatic heterocycles. The molecule has 0 fully saturated rings. The van der Waals surface area contributed by atoms with Crippen LogP contribution in [0.4, 0.5) is 13.2 Å². The highest BCUT2D eigenvalue weighted by Gasteiger charge is 2.34. The van der Waals surface area contributed by atoms with Crippen molar-refractivity contribution in [3.8, 4) is 0 Å². The molecule has 82 valence electrons. The van der Waals surface area contributed by atoms with Gasteiger partial charge in [0.15, 0.2) is 0 Å². The van der Waals surface area contributed by atoms with Crippen LogP contribution in [0.3, 0.4) is 0 Å². The Kier molecular flexibility index (Phi) is 3.38. The maximum absolute atomic E-state index is 12.5. The highest BCUT2D eigenvalue weighted by atomic mass is 79.9. The van der Waals surface area contributed by atoms with Crippen molar-refractivity contribution in [1.29, 1.82) is 0 Å². The summed E-state index contributed by atoms with van der Waals surface area (Å²) in [5.74, 6) is -0.761. The molecule has 0 radical (unpaired) electrons. The highest BCUT2D eigenvalue weighted by Crippen LogP contribution is 2.33. The van der Waals surface area contributed by atoms with Crippen LogP contribution >= 0.6 is 15.9 Å². The fourth-order valence-corrected chi connectivity index (χ4v) is 1.45. The summed E-state index contributed by atoms with van der Waals surface area (Å²) in [4.78, 5) is 11.2. The second-order valence-corrected chi connectivity index (χ2v) is 3.68. The maximum Gasteiger partial charge on any atom is 0.417 e. The average molecular weight is 282 g/mol. The zero-order valence-electron chi connectivity index (χ0n) is 7.65. The third-order valence-corrected chi connectivity index (χ3v) is 2.25. The Morgan fingerprint density at radius 1 is 1.40 bits per heavy atom. The van der Waals surface area contributed by atoms with Gasteiger partial charge in [-0.15, -0.1) is 0 Å². The Hall–Kier alpha value is -1.04. The van der Waals surface area contributed by atoms with Gasteiger partial charge in [-0.1, -0.05) is 15.9 Å². The summed E-state index contributed by atoms with van der Waals surface area (Å²) in [6.45, 7) is 0. The molecule has 0 saturated heterocycles. The minimum Gasteiger partial charge on any atom is -0.355 e. The van der Waals surface area contributed by atoms with Crippen LogP contribution in [-0.4, -0.2) is 13.0 Å². The van der Waals surface area contributed by atoms with Gasteiger partial charge in [-0.2, -0.15) is 13.2 Å². The van der Waals surface area contributed by atoms with Crippen LogP contribution in [0.1, 0.15) is 15.9 Å². The van der Waals surface area contributed by atoms with E-state index in [4.69, 9.17) is 0 Å². The van der Waals surface area contributed by atoms with Crippen molar-refractivity contribution < 1.29 is 18.0 Å². The molecular weight excluding hydrogens is 275 g/mol. The molecule has 0 atom stereocenters. The number of benzene rings is 1. The number of hydrogen-bond donors (Lipinski definition) is 1. The quantitative estimate of drug-likeness (QED) is 0.843. The van der Waals surface area contributed by atoms with E-state index in [9.17, 15) is 18.0 Å². The first-order valence-corrected chi connectivity index (χ1v) is 4.74. The van der Waals surface area contributed by atoms with Crippen molar-refractivity contribution in [2.45, 2.75) is 6.18 Å². The number of carbonyl (C=O) groups is 1. The molecule has 0 spiro atoms. The lowest BCUT2D eigenvalue weighted by Crippen LogP contribution is -2.22. The first-order chi connectivity index (χ1) is 6.86. The third-order valence-electron chi connectivity index (χ3n) is 1.76. The van der Waals surface area contributed by atoms with Crippen LogP contribution in [0.2, 0.25) is 0 Å². The molecule has 6 heteroatoms. The van der Waals surface area contributed by atoms with Crippen LogP contribution in [0, 0.1) is 0 Å². The van der Waals surface area contributed by atoms with Crippen LogP contribution in [-0.2, 0) is 6.18 Å². The van der Waals surface area contributed by atoms with E-state index < -0.39 is 17.6 Å². The second kappa shape index (κ2) is 4.22. The lowest BCUT2D eigenvalue weighted by molar-refractivity contribution is -0.137. The molecule has 1 amide bonds. The summed E-state index contributed by atoms with van der Waals surface area (Å²) in [7, 11) is 1.28. The van der Waals surface area contributed by atoms with Gasteiger partial charge in [0.2, 0.25) is 0 Å². The fourth-order valence-electron chi connectivity index (χ4n) is 1.09. The molecule has 1 aromatic carbocycles. The molecule has 15 heavy (non-hydrogen) atoms. The normalized spacial score (nSPS) is 11.3. The van der Waals surface area contributed by atoms with Crippen molar-refractivity contribution in [2.24, 2.45) is 0 Å². The lowest BCUT2D eigenvalue weighted by atomic mass is 10.1. The molecule has 1 rings (SSSR count). The minimum absolute atomic E-state index is 0.389. The molecule has 1 aromatic rings. The van der Waals surface area contributed by atoms with Gasteiger partial charge < -0.3 is 5.32 Å². The molecular formula is C9H7BrF3NO. The van der Waals surface area contributed by atoms with Gasteiger partial charge in [0.05, 0.1) is 11.1 Å². The number of nitrogens with one attached hydrogen (secondary N) is 1. The summed E-state index contributed by atoms with van der Waals surface area (Å²) in [6.07, 6.45) is -4.53. The maximum atomic E-state index is 12.5. The third kappa shape index (κ3) is 2.71. The van der Waals surface area contributed by atoms with Crippen LogP contribution in [0.25, 0.3) is 0 Å². The topological polar surface area (TPSA) is 29.1 Å². The molecule has 0 aromatic heterocycles. The highest BCUT2D eigenvalue weighted by molar-refractivity contribution is 9.10. The van der Waals surface area contributed by atoms with Gasteiger partial charge >= 0.3 is 6.18 Å². The van der Waals surface area contributed by atoms with E-state index in [2.05, 4.69) is 21.2 Å². The van der Waals surface area contributed by atoms with E-state index in [0.717, 1.165) is 12.1 Å². The predicted molar refractivity (Wildman–Crippen MR) is 52.5 cm³/mol. The van der Waals surface area contributed by atoms with Crippen molar-refractivity contribution in [1.82, 2.24) is 5.32 Å².